The molecule has 0 spiro atoms. The van der Waals surface area contributed by atoms with Crippen molar-refractivity contribution in [1.82, 2.24) is 0 Å². The first kappa shape index (κ1) is 17.1. The fourth-order valence-electron chi connectivity index (χ4n) is 2.91. The van der Waals surface area contributed by atoms with Crippen LogP contribution in [0.2, 0.25) is 0 Å². The van der Waals surface area contributed by atoms with E-state index in [4.69, 9.17) is 9.47 Å². The molecule has 1 atom stereocenters. The van der Waals surface area contributed by atoms with Crippen molar-refractivity contribution >= 4 is 5.97 Å². The van der Waals surface area contributed by atoms with Crippen molar-refractivity contribution in [1.29, 1.82) is 0 Å². The lowest BCUT2D eigenvalue weighted by molar-refractivity contribution is 0.0727. The number of esters is 1. The van der Waals surface area contributed by atoms with E-state index >= 15 is 0 Å². The van der Waals surface area contributed by atoms with Crippen LogP contribution in [0, 0.1) is 5.92 Å². The Bertz CT molecular complexity index is 661. The summed E-state index contributed by atoms with van der Waals surface area (Å²) in [5, 5.41) is 0. The summed E-state index contributed by atoms with van der Waals surface area (Å²) < 4.78 is 10.8. The van der Waals surface area contributed by atoms with Gasteiger partial charge in [0.25, 0.3) is 0 Å². The lowest BCUT2D eigenvalue weighted by Gasteiger charge is -2.22. The summed E-state index contributed by atoms with van der Waals surface area (Å²) in [6.07, 6.45) is 0.983. The van der Waals surface area contributed by atoms with Gasteiger partial charge in [-0.05, 0) is 42.0 Å². The Morgan fingerprint density at radius 1 is 1.00 bits per heavy atom. The maximum atomic E-state index is 12.7. The van der Waals surface area contributed by atoms with Gasteiger partial charge in [0.2, 0.25) is 0 Å². The standard InChI is InChI=1S/C20H24O3/c1-5-15(14(2)3)16-10-6-7-11-17(16)20(21)23-19-13-9-8-12-18(19)22-4/h6-15H,5H2,1-4H3. The van der Waals surface area contributed by atoms with Gasteiger partial charge in [-0.25, -0.2) is 4.79 Å². The molecule has 122 valence electrons. The molecule has 0 aliphatic heterocycles. The SMILES string of the molecule is CCC(c1ccccc1C(=O)Oc1ccccc1OC)C(C)C. The van der Waals surface area contributed by atoms with Crippen LogP contribution in [-0.2, 0) is 0 Å². The minimum Gasteiger partial charge on any atom is -0.493 e. The van der Waals surface area contributed by atoms with Crippen LogP contribution in [0.15, 0.2) is 48.5 Å². The van der Waals surface area contributed by atoms with E-state index in [1.165, 1.54) is 0 Å². The molecule has 0 aliphatic rings. The zero-order valence-corrected chi connectivity index (χ0v) is 14.2. The molecule has 3 heteroatoms. The van der Waals surface area contributed by atoms with E-state index in [9.17, 15) is 4.79 Å². The topological polar surface area (TPSA) is 35.5 Å². The van der Waals surface area contributed by atoms with Crippen molar-refractivity contribution in [3.8, 4) is 11.5 Å². The molecule has 0 aliphatic carbocycles. The average Bonchev–Trinajstić information content (AvgIpc) is 2.56. The van der Waals surface area contributed by atoms with Gasteiger partial charge in [-0.3, -0.25) is 0 Å². The van der Waals surface area contributed by atoms with Crippen molar-refractivity contribution < 1.29 is 14.3 Å². The van der Waals surface area contributed by atoms with E-state index < -0.39 is 0 Å². The summed E-state index contributed by atoms with van der Waals surface area (Å²) in [4.78, 5) is 12.7. The van der Waals surface area contributed by atoms with Gasteiger partial charge in [0, 0.05) is 0 Å². The molecule has 0 bridgehead atoms. The number of carbonyl (C=O) groups excluding carboxylic acids is 1. The first-order valence-electron chi connectivity index (χ1n) is 8.02. The van der Waals surface area contributed by atoms with Gasteiger partial charge in [0.1, 0.15) is 0 Å². The van der Waals surface area contributed by atoms with Gasteiger partial charge in [-0.2, -0.15) is 0 Å². The molecule has 0 aromatic heterocycles. The highest BCUT2D eigenvalue weighted by Gasteiger charge is 2.22. The Hall–Kier alpha value is -2.29. The van der Waals surface area contributed by atoms with Crippen molar-refractivity contribution in [3.63, 3.8) is 0 Å². The van der Waals surface area contributed by atoms with E-state index in [1.807, 2.05) is 36.4 Å². The Morgan fingerprint density at radius 2 is 1.61 bits per heavy atom. The molecule has 0 fully saturated rings. The molecule has 3 nitrogen and oxygen atoms in total. The third-order valence-electron chi connectivity index (χ3n) is 4.10. The van der Waals surface area contributed by atoms with Gasteiger partial charge >= 0.3 is 5.97 Å². The van der Waals surface area contributed by atoms with Crippen LogP contribution in [0.5, 0.6) is 11.5 Å². The minimum absolute atomic E-state index is 0.330. The molecule has 1 unspecified atom stereocenters. The summed E-state index contributed by atoms with van der Waals surface area (Å²) in [5.74, 6) is 1.43. The summed E-state index contributed by atoms with van der Waals surface area (Å²) in [7, 11) is 1.56. The molecule has 0 heterocycles. The maximum absolute atomic E-state index is 12.7. The fourth-order valence-corrected chi connectivity index (χ4v) is 2.91. The van der Waals surface area contributed by atoms with Gasteiger partial charge in [-0.1, -0.05) is 51.1 Å². The molecule has 2 rings (SSSR count). The number of ether oxygens (including phenoxy) is 2. The predicted octanol–water partition coefficient (Wildman–Crippen LogP) is 5.06. The summed E-state index contributed by atoms with van der Waals surface area (Å²) >= 11 is 0. The third kappa shape index (κ3) is 3.92. The fraction of sp³-hybridized carbons (Fsp3) is 0.350. The molecule has 0 amide bonds. The Balaban J connectivity index is 2.33. The number of rotatable bonds is 6. The Kier molecular flexibility index (Phi) is 5.80. The lowest BCUT2D eigenvalue weighted by atomic mass is 9.84. The predicted molar refractivity (Wildman–Crippen MR) is 92.3 cm³/mol. The number of carbonyl (C=O) groups is 1. The summed E-state index contributed by atoms with van der Waals surface area (Å²) in [6, 6.07) is 14.9. The zero-order chi connectivity index (χ0) is 16.8. The van der Waals surface area contributed by atoms with Crippen LogP contribution in [0.3, 0.4) is 0 Å². The molecule has 0 radical (unpaired) electrons. The van der Waals surface area contributed by atoms with Crippen LogP contribution in [0.25, 0.3) is 0 Å². The number of hydrogen-bond acceptors (Lipinski definition) is 3. The normalized spacial score (nSPS) is 12.0. The molecule has 2 aromatic carbocycles. The second-order valence-corrected chi connectivity index (χ2v) is 5.89. The van der Waals surface area contributed by atoms with E-state index in [-0.39, 0.29) is 5.97 Å². The van der Waals surface area contributed by atoms with Gasteiger partial charge in [-0.15, -0.1) is 0 Å². The molecule has 0 N–H and O–H groups in total. The molecular weight excluding hydrogens is 288 g/mol. The average molecular weight is 312 g/mol. The van der Waals surface area contributed by atoms with E-state index in [0.29, 0.717) is 28.9 Å². The monoisotopic (exact) mass is 312 g/mol. The highest BCUT2D eigenvalue weighted by Crippen LogP contribution is 2.32. The van der Waals surface area contributed by atoms with Crippen LogP contribution in [0.4, 0.5) is 0 Å². The van der Waals surface area contributed by atoms with E-state index in [1.54, 1.807) is 19.2 Å². The lowest BCUT2D eigenvalue weighted by Crippen LogP contribution is -2.16. The van der Waals surface area contributed by atoms with Gasteiger partial charge in [0.15, 0.2) is 11.5 Å². The molecule has 0 saturated heterocycles. The van der Waals surface area contributed by atoms with Gasteiger partial charge < -0.3 is 9.47 Å². The first-order valence-corrected chi connectivity index (χ1v) is 8.02. The Morgan fingerprint density at radius 3 is 2.22 bits per heavy atom. The third-order valence-corrected chi connectivity index (χ3v) is 4.10. The minimum atomic E-state index is -0.343. The quantitative estimate of drug-likeness (QED) is 0.552. The smallest absolute Gasteiger partial charge is 0.343 e. The largest absolute Gasteiger partial charge is 0.493 e. The number of methoxy groups -OCH3 is 1. The highest BCUT2D eigenvalue weighted by molar-refractivity contribution is 5.93. The Labute approximate surface area is 138 Å². The van der Waals surface area contributed by atoms with E-state index in [2.05, 4.69) is 20.8 Å². The van der Waals surface area contributed by atoms with E-state index in [0.717, 1.165) is 12.0 Å². The van der Waals surface area contributed by atoms with Crippen LogP contribution >= 0.6 is 0 Å². The van der Waals surface area contributed by atoms with Crippen molar-refractivity contribution in [2.45, 2.75) is 33.1 Å². The zero-order valence-electron chi connectivity index (χ0n) is 14.2. The van der Waals surface area contributed by atoms with Crippen molar-refractivity contribution in [2.75, 3.05) is 7.11 Å². The second-order valence-electron chi connectivity index (χ2n) is 5.89. The van der Waals surface area contributed by atoms with Crippen LogP contribution in [-0.4, -0.2) is 13.1 Å². The molecule has 23 heavy (non-hydrogen) atoms. The first-order chi connectivity index (χ1) is 11.1. The number of benzene rings is 2. The molecule has 2 aromatic rings. The van der Waals surface area contributed by atoms with Crippen LogP contribution < -0.4 is 9.47 Å². The van der Waals surface area contributed by atoms with Gasteiger partial charge in [0.05, 0.1) is 12.7 Å². The van der Waals surface area contributed by atoms with Crippen molar-refractivity contribution in [2.24, 2.45) is 5.92 Å². The summed E-state index contributed by atoms with van der Waals surface area (Å²) in [6.45, 7) is 6.50. The number of hydrogen-bond donors (Lipinski definition) is 0. The van der Waals surface area contributed by atoms with Crippen molar-refractivity contribution in [3.05, 3.63) is 59.7 Å². The highest BCUT2D eigenvalue weighted by atomic mass is 16.6. The molecular formula is C20H24O3. The van der Waals surface area contributed by atoms with Crippen LogP contribution in [0.1, 0.15) is 49.0 Å². The second kappa shape index (κ2) is 7.82. The molecule has 0 saturated carbocycles. The number of para-hydroxylation sites is 2. The summed E-state index contributed by atoms with van der Waals surface area (Å²) in [5.41, 5.74) is 1.67. The maximum Gasteiger partial charge on any atom is 0.343 e.